The van der Waals surface area contributed by atoms with Crippen molar-refractivity contribution in [3.05, 3.63) is 116 Å². The number of carbonyl (C=O) groups is 2. The summed E-state index contributed by atoms with van der Waals surface area (Å²) in [7, 11) is -4.16. The molecule has 3 aromatic carbocycles. The summed E-state index contributed by atoms with van der Waals surface area (Å²) < 4.78 is 26.2. The van der Waals surface area contributed by atoms with E-state index in [4.69, 9.17) is 11.6 Å². The number of halogens is 1. The Labute approximate surface area is 236 Å². The fourth-order valence-electron chi connectivity index (χ4n) is 4.24. The average molecular weight is 596 g/mol. The van der Waals surface area contributed by atoms with Crippen molar-refractivity contribution in [2.75, 3.05) is 4.90 Å². The summed E-state index contributed by atoms with van der Waals surface area (Å²) in [6.45, 7) is 1.86. The third-order valence-electron chi connectivity index (χ3n) is 6.23. The first-order chi connectivity index (χ1) is 19.0. The molecule has 1 aromatic heterocycles. The normalized spacial score (nSPS) is 16.9. The zero-order valence-corrected chi connectivity index (χ0v) is 22.9. The van der Waals surface area contributed by atoms with Crippen molar-refractivity contribution in [3.63, 3.8) is 0 Å². The molecule has 1 aliphatic heterocycles. The number of hydrogen-bond donors (Lipinski definition) is 1. The number of rotatable bonds is 6. The highest BCUT2D eigenvalue weighted by molar-refractivity contribution is 7.93. The van der Waals surface area contributed by atoms with Crippen molar-refractivity contribution in [3.8, 4) is 0 Å². The molecule has 10 nitrogen and oxygen atoms in total. The van der Waals surface area contributed by atoms with Crippen LogP contribution in [0.4, 0.5) is 10.8 Å². The van der Waals surface area contributed by atoms with Crippen molar-refractivity contribution in [1.82, 2.24) is 4.98 Å². The van der Waals surface area contributed by atoms with E-state index < -0.39 is 38.3 Å². The number of nitro benzene ring substituents is 1. The lowest BCUT2D eigenvalue weighted by molar-refractivity contribution is -0.384. The van der Waals surface area contributed by atoms with Gasteiger partial charge in [-0.15, -0.1) is 0 Å². The SMILES string of the molecule is Cc1ccc(C(O)=C2C(=O)C(=O)N(c3ncc(S(=O)(=O)c4ccc([N+](=O)[O-])cc4)s3)C2c2cccc(Cl)c2)cc1. The smallest absolute Gasteiger partial charge is 0.301 e. The maximum absolute atomic E-state index is 13.4. The van der Waals surface area contributed by atoms with Crippen LogP contribution in [-0.4, -0.2) is 35.1 Å². The van der Waals surface area contributed by atoms with Gasteiger partial charge in [0.2, 0.25) is 9.84 Å². The predicted octanol–water partition coefficient (Wildman–Crippen LogP) is 5.47. The average Bonchev–Trinajstić information content (AvgIpc) is 3.52. The van der Waals surface area contributed by atoms with E-state index in [1.807, 2.05) is 6.92 Å². The summed E-state index contributed by atoms with van der Waals surface area (Å²) in [5.41, 5.74) is 1.16. The van der Waals surface area contributed by atoms with Gasteiger partial charge in [0, 0.05) is 22.7 Å². The maximum Gasteiger partial charge on any atom is 0.301 e. The van der Waals surface area contributed by atoms with Crippen LogP contribution >= 0.6 is 22.9 Å². The van der Waals surface area contributed by atoms with Crippen molar-refractivity contribution in [2.45, 2.75) is 22.1 Å². The van der Waals surface area contributed by atoms with Crippen molar-refractivity contribution in [2.24, 2.45) is 0 Å². The number of ketones is 1. The van der Waals surface area contributed by atoms with Gasteiger partial charge < -0.3 is 5.11 Å². The number of benzene rings is 3. The predicted molar refractivity (Wildman–Crippen MR) is 148 cm³/mol. The number of carbonyl (C=O) groups excluding carboxylic acids is 2. The Morgan fingerprint density at radius 2 is 1.75 bits per heavy atom. The van der Waals surface area contributed by atoms with Gasteiger partial charge in [-0.25, -0.2) is 13.4 Å². The van der Waals surface area contributed by atoms with E-state index in [-0.39, 0.29) is 25.5 Å². The monoisotopic (exact) mass is 595 g/mol. The summed E-state index contributed by atoms with van der Waals surface area (Å²) in [5.74, 6) is -2.38. The number of sulfone groups is 1. The quantitative estimate of drug-likeness (QED) is 0.101. The Morgan fingerprint density at radius 3 is 2.38 bits per heavy atom. The Hall–Kier alpha value is -4.39. The summed E-state index contributed by atoms with van der Waals surface area (Å²) in [6, 6.07) is 16.3. The fourth-order valence-corrected chi connectivity index (χ4v) is 6.98. The molecule has 0 saturated carbocycles. The minimum Gasteiger partial charge on any atom is -0.507 e. The zero-order valence-electron chi connectivity index (χ0n) is 20.5. The first kappa shape index (κ1) is 27.2. The summed E-state index contributed by atoms with van der Waals surface area (Å²) >= 11 is 6.86. The molecule has 0 radical (unpaired) electrons. The number of nitro groups is 1. The summed E-state index contributed by atoms with van der Waals surface area (Å²) in [6.07, 6.45) is 1.05. The van der Waals surface area contributed by atoms with Gasteiger partial charge in [-0.1, -0.05) is 64.9 Å². The second kappa shape index (κ2) is 10.3. The minimum atomic E-state index is -4.16. The molecule has 1 unspecified atom stereocenters. The molecule has 4 aromatic rings. The molecular formula is C27H18ClN3O7S2. The molecule has 1 saturated heterocycles. The van der Waals surface area contributed by atoms with E-state index in [0.717, 1.165) is 40.9 Å². The molecule has 1 amide bonds. The van der Waals surface area contributed by atoms with E-state index in [9.17, 15) is 33.2 Å². The first-order valence-corrected chi connectivity index (χ1v) is 14.3. The van der Waals surface area contributed by atoms with Crippen molar-refractivity contribution >= 4 is 61.0 Å². The molecule has 0 bridgehead atoms. The van der Waals surface area contributed by atoms with Gasteiger partial charge in [-0.05, 0) is 36.8 Å². The number of non-ortho nitro benzene ring substituents is 1. The number of nitrogens with zero attached hydrogens (tertiary/aromatic N) is 3. The van der Waals surface area contributed by atoms with Crippen LogP contribution in [-0.2, 0) is 19.4 Å². The van der Waals surface area contributed by atoms with Crippen LogP contribution in [0.3, 0.4) is 0 Å². The summed E-state index contributed by atoms with van der Waals surface area (Å²) in [4.78, 5) is 41.9. The Bertz CT molecular complexity index is 1820. The van der Waals surface area contributed by atoms with Crippen LogP contribution in [0.2, 0.25) is 5.02 Å². The third-order valence-corrected chi connectivity index (χ3v) is 9.70. The van der Waals surface area contributed by atoms with Crippen LogP contribution in [0.5, 0.6) is 0 Å². The lowest BCUT2D eigenvalue weighted by Gasteiger charge is -2.23. The maximum atomic E-state index is 13.4. The number of aromatic nitrogens is 1. The van der Waals surface area contributed by atoms with Crippen molar-refractivity contribution < 1.29 is 28.0 Å². The number of Topliss-reactive ketones (excluding diaryl/α,β-unsaturated/α-hetero) is 1. The molecule has 2 heterocycles. The number of anilines is 1. The second-order valence-corrected chi connectivity index (χ2v) is 12.4. The zero-order chi connectivity index (χ0) is 28.8. The number of amides is 1. The molecule has 0 aliphatic carbocycles. The number of aliphatic hydroxyl groups excluding tert-OH is 1. The largest absolute Gasteiger partial charge is 0.507 e. The van der Waals surface area contributed by atoms with E-state index in [0.29, 0.717) is 27.5 Å². The van der Waals surface area contributed by atoms with Gasteiger partial charge in [0.15, 0.2) is 5.13 Å². The number of hydrogen-bond acceptors (Lipinski definition) is 9. The second-order valence-electron chi connectivity index (χ2n) is 8.81. The molecule has 1 atom stereocenters. The lowest BCUT2D eigenvalue weighted by Crippen LogP contribution is -2.29. The topological polar surface area (TPSA) is 148 Å². The minimum absolute atomic E-state index is 0.101. The lowest BCUT2D eigenvalue weighted by atomic mass is 9.95. The van der Waals surface area contributed by atoms with Gasteiger partial charge in [0.05, 0.1) is 27.6 Å². The van der Waals surface area contributed by atoms with Gasteiger partial charge in [0.25, 0.3) is 11.5 Å². The Kier molecular flexibility index (Phi) is 7.00. The van der Waals surface area contributed by atoms with Crippen LogP contribution in [0.1, 0.15) is 22.7 Å². The first-order valence-electron chi connectivity index (χ1n) is 11.6. The van der Waals surface area contributed by atoms with Crippen LogP contribution in [0.25, 0.3) is 5.76 Å². The number of aryl methyl sites for hydroxylation is 1. The fraction of sp³-hybridized carbons (Fsp3) is 0.0741. The summed E-state index contributed by atoms with van der Waals surface area (Å²) in [5, 5.41) is 22.4. The molecule has 40 heavy (non-hydrogen) atoms. The molecule has 5 rings (SSSR count). The highest BCUT2D eigenvalue weighted by atomic mass is 35.5. The standard InChI is InChI=1S/C27H18ClN3O7S2/c1-15-5-7-16(8-6-15)24(32)22-23(17-3-2-4-18(28)13-17)30(26(34)25(22)33)27-29-14-21(39-27)40(37,38)20-11-9-19(10-12-20)31(35)36/h2-14,23,32H,1H3. The molecule has 13 heteroatoms. The third kappa shape index (κ3) is 4.76. The van der Waals surface area contributed by atoms with Crippen molar-refractivity contribution in [1.29, 1.82) is 0 Å². The van der Waals surface area contributed by atoms with E-state index in [1.165, 1.54) is 6.07 Å². The van der Waals surface area contributed by atoms with E-state index >= 15 is 0 Å². The molecule has 1 fully saturated rings. The van der Waals surface area contributed by atoms with Gasteiger partial charge in [-0.2, -0.15) is 0 Å². The molecule has 1 N–H and O–H groups in total. The molecule has 1 aliphatic rings. The Morgan fingerprint density at radius 1 is 1.07 bits per heavy atom. The Balaban J connectivity index is 1.62. The van der Waals surface area contributed by atoms with Gasteiger partial charge >= 0.3 is 5.91 Å². The van der Waals surface area contributed by atoms with Gasteiger partial charge in [-0.3, -0.25) is 24.6 Å². The van der Waals surface area contributed by atoms with Crippen LogP contribution in [0.15, 0.2) is 93.7 Å². The van der Waals surface area contributed by atoms with E-state index in [1.54, 1.807) is 42.5 Å². The highest BCUT2D eigenvalue weighted by Gasteiger charge is 2.48. The van der Waals surface area contributed by atoms with Crippen LogP contribution in [0, 0.1) is 17.0 Å². The number of aliphatic hydroxyl groups is 1. The van der Waals surface area contributed by atoms with Gasteiger partial charge in [0.1, 0.15) is 9.97 Å². The molecule has 0 spiro atoms. The highest BCUT2D eigenvalue weighted by Crippen LogP contribution is 2.44. The number of thiazole rings is 1. The van der Waals surface area contributed by atoms with E-state index in [2.05, 4.69) is 4.98 Å². The van der Waals surface area contributed by atoms with Crippen LogP contribution < -0.4 is 4.90 Å². The molecule has 202 valence electrons. The molecular weight excluding hydrogens is 578 g/mol.